The van der Waals surface area contributed by atoms with Gasteiger partial charge in [0, 0.05) is 35.5 Å². The number of fused-ring (bicyclic) bond motifs is 2. The fourth-order valence-corrected chi connectivity index (χ4v) is 5.54. The van der Waals surface area contributed by atoms with Crippen molar-refractivity contribution in [3.63, 3.8) is 0 Å². The number of nitrogens with zero attached hydrogens (tertiary/aromatic N) is 4. The van der Waals surface area contributed by atoms with E-state index in [1.54, 1.807) is 25.1 Å². The van der Waals surface area contributed by atoms with Gasteiger partial charge >= 0.3 is 0 Å². The van der Waals surface area contributed by atoms with Crippen molar-refractivity contribution in [2.75, 3.05) is 6.54 Å². The van der Waals surface area contributed by atoms with Crippen molar-refractivity contribution in [2.24, 2.45) is 0 Å². The lowest BCUT2D eigenvalue weighted by atomic mass is 10.1. The molecule has 1 aromatic carbocycles. The third-order valence-electron chi connectivity index (χ3n) is 5.62. The van der Waals surface area contributed by atoms with Crippen LogP contribution in [0.4, 0.5) is 0 Å². The van der Waals surface area contributed by atoms with Crippen molar-refractivity contribution < 1.29 is 8.42 Å². The number of hydrogen-bond acceptors (Lipinski definition) is 5. The quantitative estimate of drug-likeness (QED) is 0.727. The molecular formula is C19H21N5O3S. The lowest BCUT2D eigenvalue weighted by Crippen LogP contribution is -2.40. The Kier molecular flexibility index (Phi) is 3.76. The summed E-state index contributed by atoms with van der Waals surface area (Å²) in [6.45, 7) is 4.42. The van der Waals surface area contributed by atoms with E-state index in [9.17, 15) is 13.2 Å². The molecule has 1 aliphatic carbocycles. The standard InChI is InChI=1S/C19H21N5O3S/c1-11-7-18(25)20-16-6-5-14(8-15(11)16)28(26,27)23-9-12(2)24-17(10-23)21-22-19(24)13-3-4-13/h5-8,12-13H,3-4,9-10H2,1-2H3,(H,20,25)/t12-/m0/s1. The molecule has 3 heterocycles. The van der Waals surface area contributed by atoms with Crippen molar-refractivity contribution in [2.45, 2.75) is 50.1 Å². The van der Waals surface area contributed by atoms with E-state index in [1.165, 1.54) is 10.4 Å². The fraction of sp³-hybridized carbons (Fsp3) is 0.421. The summed E-state index contributed by atoms with van der Waals surface area (Å²) in [7, 11) is -3.69. The number of sulfonamides is 1. The zero-order chi connectivity index (χ0) is 19.6. The van der Waals surface area contributed by atoms with Crippen LogP contribution in [-0.2, 0) is 16.6 Å². The fourth-order valence-electron chi connectivity index (χ4n) is 4.04. The SMILES string of the molecule is Cc1cc(=O)[nH]c2ccc(S(=O)(=O)N3Cc4nnc(C5CC5)n4[C@@H](C)C3)cc12. The van der Waals surface area contributed by atoms with Crippen LogP contribution in [0.1, 0.15) is 48.9 Å². The third kappa shape index (κ3) is 2.68. The Morgan fingerprint density at radius 2 is 1.96 bits per heavy atom. The van der Waals surface area contributed by atoms with E-state index in [0.717, 1.165) is 29.6 Å². The van der Waals surface area contributed by atoms with Crippen LogP contribution in [0.15, 0.2) is 34.0 Å². The van der Waals surface area contributed by atoms with Crippen molar-refractivity contribution in [1.29, 1.82) is 0 Å². The van der Waals surface area contributed by atoms with Gasteiger partial charge in [0.1, 0.15) is 11.6 Å². The van der Waals surface area contributed by atoms with Crippen molar-refractivity contribution in [3.8, 4) is 0 Å². The molecule has 1 aliphatic heterocycles. The largest absolute Gasteiger partial charge is 0.322 e. The second kappa shape index (κ2) is 5.99. The Labute approximate surface area is 162 Å². The summed E-state index contributed by atoms with van der Waals surface area (Å²) in [5, 5.41) is 9.31. The minimum atomic E-state index is -3.69. The van der Waals surface area contributed by atoms with Crippen LogP contribution in [-0.4, -0.2) is 39.0 Å². The van der Waals surface area contributed by atoms with Crippen molar-refractivity contribution in [3.05, 3.63) is 51.8 Å². The smallest absolute Gasteiger partial charge is 0.248 e. The predicted molar refractivity (Wildman–Crippen MR) is 104 cm³/mol. The molecule has 0 spiro atoms. The predicted octanol–water partition coefficient (Wildman–Crippen LogP) is 2.07. The molecule has 0 radical (unpaired) electrons. The van der Waals surface area contributed by atoms with Crippen molar-refractivity contribution >= 4 is 20.9 Å². The summed E-state index contributed by atoms with van der Waals surface area (Å²) in [6, 6.07) is 6.30. The minimum absolute atomic E-state index is 0.0114. The highest BCUT2D eigenvalue weighted by Gasteiger charge is 2.38. The Morgan fingerprint density at radius 1 is 1.18 bits per heavy atom. The molecule has 28 heavy (non-hydrogen) atoms. The van der Waals surface area contributed by atoms with E-state index in [2.05, 4.69) is 19.7 Å². The first-order valence-corrected chi connectivity index (χ1v) is 10.9. The summed E-state index contributed by atoms with van der Waals surface area (Å²) in [4.78, 5) is 14.6. The Bertz CT molecular complexity index is 1260. The number of nitrogens with one attached hydrogen (secondary N) is 1. The highest BCUT2D eigenvalue weighted by molar-refractivity contribution is 7.89. The normalized spacial score (nSPS) is 20.4. The second-order valence-corrected chi connectivity index (χ2v) is 9.73. The van der Waals surface area contributed by atoms with E-state index in [0.29, 0.717) is 23.8 Å². The molecule has 146 valence electrons. The van der Waals surface area contributed by atoms with E-state index in [4.69, 9.17) is 0 Å². The number of hydrogen-bond donors (Lipinski definition) is 1. The first-order valence-electron chi connectivity index (χ1n) is 9.42. The van der Waals surface area contributed by atoms with E-state index >= 15 is 0 Å². The van der Waals surface area contributed by atoms with Gasteiger partial charge in [-0.3, -0.25) is 4.79 Å². The maximum Gasteiger partial charge on any atom is 0.248 e. The highest BCUT2D eigenvalue weighted by atomic mass is 32.2. The average Bonchev–Trinajstić information content (AvgIpc) is 3.40. The molecule has 1 atom stereocenters. The van der Waals surface area contributed by atoms with Crippen LogP contribution < -0.4 is 5.56 Å². The van der Waals surface area contributed by atoms with E-state index in [-0.39, 0.29) is 23.0 Å². The van der Waals surface area contributed by atoms with Gasteiger partial charge in [-0.15, -0.1) is 10.2 Å². The third-order valence-corrected chi connectivity index (χ3v) is 7.43. The van der Waals surface area contributed by atoms with E-state index in [1.807, 2.05) is 6.92 Å². The molecule has 0 saturated heterocycles. The number of rotatable bonds is 3. The van der Waals surface area contributed by atoms with Gasteiger partial charge in [-0.1, -0.05) is 0 Å². The Balaban J connectivity index is 1.53. The molecule has 0 unspecified atom stereocenters. The first kappa shape index (κ1) is 17.6. The molecular weight excluding hydrogens is 378 g/mol. The van der Waals surface area contributed by atoms with Crippen LogP contribution in [0.5, 0.6) is 0 Å². The number of pyridine rings is 1. The van der Waals surface area contributed by atoms with Gasteiger partial charge in [0.15, 0.2) is 0 Å². The summed E-state index contributed by atoms with van der Waals surface area (Å²) in [5.74, 6) is 2.16. The average molecular weight is 399 g/mol. The molecule has 1 fully saturated rings. The van der Waals surface area contributed by atoms with Crippen LogP contribution in [0.25, 0.3) is 10.9 Å². The van der Waals surface area contributed by atoms with Crippen molar-refractivity contribution in [1.82, 2.24) is 24.1 Å². The molecule has 8 nitrogen and oxygen atoms in total. The van der Waals surface area contributed by atoms with Gasteiger partial charge in [-0.25, -0.2) is 8.42 Å². The Morgan fingerprint density at radius 3 is 2.71 bits per heavy atom. The lowest BCUT2D eigenvalue weighted by molar-refractivity contribution is 0.287. The number of aryl methyl sites for hydroxylation is 1. The zero-order valence-corrected chi connectivity index (χ0v) is 16.5. The molecule has 0 bridgehead atoms. The molecule has 1 N–H and O–H groups in total. The van der Waals surface area contributed by atoms with Crippen LogP contribution >= 0.6 is 0 Å². The van der Waals surface area contributed by atoms with Gasteiger partial charge in [-0.2, -0.15) is 4.31 Å². The summed E-state index contributed by atoms with van der Waals surface area (Å²) >= 11 is 0. The first-order chi connectivity index (χ1) is 13.3. The molecule has 9 heteroatoms. The highest BCUT2D eigenvalue weighted by Crippen LogP contribution is 2.41. The van der Waals surface area contributed by atoms with Gasteiger partial charge in [-0.05, 0) is 50.5 Å². The second-order valence-electron chi connectivity index (χ2n) is 7.79. The van der Waals surface area contributed by atoms with Gasteiger partial charge in [0.05, 0.1) is 11.4 Å². The lowest BCUT2D eigenvalue weighted by Gasteiger charge is -2.32. The van der Waals surface area contributed by atoms with Crippen LogP contribution in [0.3, 0.4) is 0 Å². The molecule has 2 aliphatic rings. The molecule has 1 saturated carbocycles. The minimum Gasteiger partial charge on any atom is -0.322 e. The molecule has 0 amide bonds. The topological polar surface area (TPSA) is 101 Å². The summed E-state index contributed by atoms with van der Waals surface area (Å²) in [6.07, 6.45) is 2.26. The van der Waals surface area contributed by atoms with Gasteiger partial charge in [0.25, 0.3) is 0 Å². The maximum absolute atomic E-state index is 13.3. The molecule has 2 aromatic heterocycles. The number of benzene rings is 1. The molecule has 5 rings (SSSR count). The molecule has 3 aromatic rings. The number of aromatic amines is 1. The monoisotopic (exact) mass is 399 g/mol. The van der Waals surface area contributed by atoms with Gasteiger partial charge < -0.3 is 9.55 Å². The van der Waals surface area contributed by atoms with E-state index < -0.39 is 10.0 Å². The Hall–Kier alpha value is -2.52. The van der Waals surface area contributed by atoms with Crippen LogP contribution in [0, 0.1) is 6.92 Å². The van der Waals surface area contributed by atoms with Crippen LogP contribution in [0.2, 0.25) is 0 Å². The maximum atomic E-state index is 13.3. The summed E-state index contributed by atoms with van der Waals surface area (Å²) < 4.78 is 30.2. The summed E-state index contributed by atoms with van der Waals surface area (Å²) in [5.41, 5.74) is 1.18. The number of aromatic nitrogens is 4. The zero-order valence-electron chi connectivity index (χ0n) is 15.7. The van der Waals surface area contributed by atoms with Gasteiger partial charge in [0.2, 0.25) is 15.6 Å². The number of H-pyrrole nitrogens is 1.